The van der Waals surface area contributed by atoms with Gasteiger partial charge in [-0.25, -0.2) is 4.98 Å². The summed E-state index contributed by atoms with van der Waals surface area (Å²) >= 11 is 0. The molecule has 100 valence electrons. The minimum Gasteiger partial charge on any atom is -0.304 e. The van der Waals surface area contributed by atoms with Crippen molar-refractivity contribution in [3.63, 3.8) is 0 Å². The quantitative estimate of drug-likeness (QED) is 0.801. The van der Waals surface area contributed by atoms with Crippen LogP contribution in [0.3, 0.4) is 0 Å². The first-order valence-corrected chi connectivity index (χ1v) is 5.66. The van der Waals surface area contributed by atoms with Crippen LogP contribution in [0.2, 0.25) is 0 Å². The van der Waals surface area contributed by atoms with Crippen molar-refractivity contribution in [3.05, 3.63) is 47.5 Å². The van der Waals surface area contributed by atoms with E-state index in [4.69, 9.17) is 0 Å². The van der Waals surface area contributed by atoms with Crippen molar-refractivity contribution in [2.24, 2.45) is 0 Å². The highest BCUT2D eigenvalue weighted by molar-refractivity contribution is 5.78. The van der Waals surface area contributed by atoms with Gasteiger partial charge >= 0.3 is 6.18 Å². The normalized spacial score (nSPS) is 11.6. The Labute approximate surface area is 107 Å². The topological polar surface area (TPSA) is 34.9 Å². The summed E-state index contributed by atoms with van der Waals surface area (Å²) in [6.45, 7) is 1.86. The second-order valence-corrected chi connectivity index (χ2v) is 3.95. The molecule has 0 aliphatic rings. The van der Waals surface area contributed by atoms with E-state index in [2.05, 4.69) is 4.98 Å². The van der Waals surface area contributed by atoms with Gasteiger partial charge in [-0.15, -0.1) is 0 Å². The molecule has 2 rings (SSSR count). The first kappa shape index (κ1) is 13.3. The fourth-order valence-electron chi connectivity index (χ4n) is 1.87. The van der Waals surface area contributed by atoms with Crippen molar-refractivity contribution in [1.82, 2.24) is 9.55 Å². The van der Waals surface area contributed by atoms with Crippen LogP contribution in [0.15, 0.2) is 30.6 Å². The van der Waals surface area contributed by atoms with Gasteiger partial charge in [0.1, 0.15) is 5.82 Å². The van der Waals surface area contributed by atoms with Gasteiger partial charge in [0, 0.05) is 30.1 Å². The number of rotatable bonds is 3. The number of benzene rings is 1. The molecule has 0 saturated carbocycles. The molecule has 2 aromatic rings. The van der Waals surface area contributed by atoms with Crippen LogP contribution in [0, 0.1) is 0 Å². The summed E-state index contributed by atoms with van der Waals surface area (Å²) in [6.07, 6.45) is -0.626. The third-order valence-electron chi connectivity index (χ3n) is 2.78. The van der Waals surface area contributed by atoms with E-state index in [1.165, 1.54) is 18.3 Å². The van der Waals surface area contributed by atoms with E-state index in [0.29, 0.717) is 17.9 Å². The molecule has 0 radical (unpaired) electrons. The van der Waals surface area contributed by atoms with Gasteiger partial charge in [0.15, 0.2) is 6.29 Å². The number of carbonyl (C=O) groups is 1. The number of hydrogen-bond acceptors (Lipinski definition) is 2. The van der Waals surface area contributed by atoms with Gasteiger partial charge in [-0.3, -0.25) is 4.79 Å². The van der Waals surface area contributed by atoms with Gasteiger partial charge in [0.25, 0.3) is 0 Å². The maximum absolute atomic E-state index is 12.9. The average molecular weight is 268 g/mol. The maximum atomic E-state index is 12.9. The van der Waals surface area contributed by atoms with Crippen LogP contribution in [0.4, 0.5) is 13.2 Å². The van der Waals surface area contributed by atoms with Gasteiger partial charge < -0.3 is 4.57 Å². The summed E-state index contributed by atoms with van der Waals surface area (Å²) in [5, 5.41) is 0. The summed E-state index contributed by atoms with van der Waals surface area (Å²) in [4.78, 5) is 14.7. The number of aldehydes is 1. The van der Waals surface area contributed by atoms with Crippen molar-refractivity contribution in [3.8, 4) is 5.69 Å². The highest BCUT2D eigenvalue weighted by Gasteiger charge is 2.33. The monoisotopic (exact) mass is 268 g/mol. The number of carbonyl (C=O) groups excluding carboxylic acids is 1. The fourth-order valence-corrected chi connectivity index (χ4v) is 1.87. The Morgan fingerprint density at radius 1 is 1.37 bits per heavy atom. The largest absolute Gasteiger partial charge is 0.417 e. The number of aryl methyl sites for hydroxylation is 1. The lowest BCUT2D eigenvalue weighted by atomic mass is 10.1. The first-order chi connectivity index (χ1) is 8.97. The first-order valence-electron chi connectivity index (χ1n) is 5.66. The lowest BCUT2D eigenvalue weighted by Gasteiger charge is -2.13. The van der Waals surface area contributed by atoms with Crippen LogP contribution in [-0.4, -0.2) is 15.8 Å². The van der Waals surface area contributed by atoms with Crippen LogP contribution in [0.1, 0.15) is 28.7 Å². The minimum atomic E-state index is -4.56. The molecule has 1 heterocycles. The Kier molecular flexibility index (Phi) is 3.42. The average Bonchev–Trinajstić information content (AvgIpc) is 2.85. The highest BCUT2D eigenvalue weighted by atomic mass is 19.4. The second kappa shape index (κ2) is 4.87. The number of nitrogens with zero attached hydrogens (tertiary/aromatic N) is 2. The van der Waals surface area contributed by atoms with Crippen LogP contribution >= 0.6 is 0 Å². The molecule has 0 spiro atoms. The highest BCUT2D eigenvalue weighted by Crippen LogP contribution is 2.33. The number of alkyl halides is 3. The maximum Gasteiger partial charge on any atom is 0.417 e. The van der Waals surface area contributed by atoms with Crippen LogP contribution in [0.5, 0.6) is 0 Å². The lowest BCUT2D eigenvalue weighted by Crippen LogP contribution is -2.10. The molecule has 0 amide bonds. The Morgan fingerprint density at radius 3 is 2.68 bits per heavy atom. The molecule has 0 fully saturated rings. The Balaban J connectivity index is 2.58. The SMILES string of the molecule is CCc1nccn1-c1ccc(C=O)c(C(F)(F)F)c1. The fraction of sp³-hybridized carbons (Fsp3) is 0.231. The Morgan fingerprint density at radius 2 is 2.11 bits per heavy atom. The standard InChI is InChI=1S/C13H11F3N2O/c1-2-12-17-5-6-18(12)10-4-3-9(8-19)11(7-10)13(14,15)16/h3-8H,2H2,1H3. The van der Waals surface area contributed by atoms with Gasteiger partial charge in [0.2, 0.25) is 0 Å². The summed E-state index contributed by atoms with van der Waals surface area (Å²) in [7, 11) is 0. The number of aromatic nitrogens is 2. The third-order valence-corrected chi connectivity index (χ3v) is 2.78. The van der Waals surface area contributed by atoms with Crippen LogP contribution in [0.25, 0.3) is 5.69 Å². The molecular weight excluding hydrogens is 257 g/mol. The van der Waals surface area contributed by atoms with E-state index in [0.717, 1.165) is 6.07 Å². The van der Waals surface area contributed by atoms with Crippen LogP contribution < -0.4 is 0 Å². The van der Waals surface area contributed by atoms with Crippen molar-refractivity contribution in [2.75, 3.05) is 0 Å². The molecule has 0 N–H and O–H groups in total. The number of imidazole rings is 1. The Bertz CT molecular complexity index is 602. The number of hydrogen-bond donors (Lipinski definition) is 0. The molecule has 0 bridgehead atoms. The minimum absolute atomic E-state index is 0.210. The third kappa shape index (κ3) is 2.52. The second-order valence-electron chi connectivity index (χ2n) is 3.95. The summed E-state index contributed by atoms with van der Waals surface area (Å²) < 4.78 is 40.1. The van der Waals surface area contributed by atoms with Gasteiger partial charge in [-0.2, -0.15) is 13.2 Å². The predicted molar refractivity (Wildman–Crippen MR) is 63.3 cm³/mol. The van der Waals surface area contributed by atoms with Crippen molar-refractivity contribution < 1.29 is 18.0 Å². The lowest BCUT2D eigenvalue weighted by molar-refractivity contribution is -0.137. The Hall–Kier alpha value is -2.11. The zero-order valence-corrected chi connectivity index (χ0v) is 10.1. The molecule has 0 aliphatic carbocycles. The molecular formula is C13H11F3N2O. The molecule has 1 aromatic heterocycles. The smallest absolute Gasteiger partial charge is 0.304 e. The van der Waals surface area contributed by atoms with Gasteiger partial charge in [0.05, 0.1) is 5.56 Å². The van der Waals surface area contributed by atoms with E-state index in [1.807, 2.05) is 6.92 Å². The van der Waals surface area contributed by atoms with E-state index in [-0.39, 0.29) is 11.8 Å². The zero-order valence-electron chi connectivity index (χ0n) is 10.1. The zero-order chi connectivity index (χ0) is 14.0. The van der Waals surface area contributed by atoms with Crippen molar-refractivity contribution in [2.45, 2.75) is 19.5 Å². The van der Waals surface area contributed by atoms with E-state index in [1.54, 1.807) is 10.8 Å². The molecule has 1 aromatic carbocycles. The van der Waals surface area contributed by atoms with Crippen molar-refractivity contribution in [1.29, 1.82) is 0 Å². The van der Waals surface area contributed by atoms with E-state index in [9.17, 15) is 18.0 Å². The molecule has 6 heteroatoms. The van der Waals surface area contributed by atoms with Gasteiger partial charge in [-0.05, 0) is 18.2 Å². The molecule has 0 unspecified atom stereocenters. The molecule has 3 nitrogen and oxygen atoms in total. The summed E-state index contributed by atoms with van der Waals surface area (Å²) in [5.74, 6) is 0.659. The molecule has 19 heavy (non-hydrogen) atoms. The summed E-state index contributed by atoms with van der Waals surface area (Å²) in [5.41, 5.74) is -0.961. The summed E-state index contributed by atoms with van der Waals surface area (Å²) in [6, 6.07) is 3.61. The molecule has 0 aliphatic heterocycles. The van der Waals surface area contributed by atoms with E-state index < -0.39 is 11.7 Å². The number of halogens is 3. The van der Waals surface area contributed by atoms with Crippen molar-refractivity contribution >= 4 is 6.29 Å². The van der Waals surface area contributed by atoms with Crippen LogP contribution in [-0.2, 0) is 12.6 Å². The molecule has 0 atom stereocenters. The molecule has 0 saturated heterocycles. The predicted octanol–water partition coefficient (Wildman–Crippen LogP) is 3.27. The van der Waals surface area contributed by atoms with E-state index >= 15 is 0 Å². The van der Waals surface area contributed by atoms with Gasteiger partial charge in [-0.1, -0.05) is 6.92 Å².